The van der Waals surface area contributed by atoms with Crippen LogP contribution < -0.4 is 10.6 Å². The summed E-state index contributed by atoms with van der Waals surface area (Å²) < 4.78 is 31.0. The van der Waals surface area contributed by atoms with Gasteiger partial charge in [0.2, 0.25) is 10.0 Å². The smallest absolute Gasteiger partial charge is 0.216 e. The van der Waals surface area contributed by atoms with Gasteiger partial charge in [-0.25, -0.2) is 8.42 Å². The summed E-state index contributed by atoms with van der Waals surface area (Å²) in [4.78, 5) is 6.05. The van der Waals surface area contributed by atoms with E-state index in [4.69, 9.17) is 10.5 Å². The molecular weight excluding hydrogens is 292 g/mol. The first-order chi connectivity index (χ1) is 10.0. The predicted octanol–water partition coefficient (Wildman–Crippen LogP) is 0.152. The Kier molecular flexibility index (Phi) is 5.38. The van der Waals surface area contributed by atoms with Crippen LogP contribution in [0.1, 0.15) is 6.92 Å². The highest BCUT2D eigenvalue weighted by Gasteiger charge is 2.27. The van der Waals surface area contributed by atoms with Crippen LogP contribution in [0.25, 0.3) is 0 Å². The van der Waals surface area contributed by atoms with Crippen LogP contribution in [0.4, 0.5) is 11.4 Å². The molecule has 2 N–H and O–H groups in total. The van der Waals surface area contributed by atoms with E-state index >= 15 is 0 Å². The Morgan fingerprint density at radius 2 is 2.05 bits per heavy atom. The van der Waals surface area contributed by atoms with Gasteiger partial charge < -0.3 is 15.4 Å². The lowest BCUT2D eigenvalue weighted by Crippen LogP contribution is -2.49. The van der Waals surface area contributed by atoms with E-state index in [0.717, 1.165) is 5.69 Å². The number of piperazine rings is 1. The zero-order valence-corrected chi connectivity index (χ0v) is 13.1. The number of pyridine rings is 1. The molecule has 0 aromatic carbocycles. The zero-order valence-electron chi connectivity index (χ0n) is 12.2. The van der Waals surface area contributed by atoms with Gasteiger partial charge in [-0.1, -0.05) is 0 Å². The number of aromatic nitrogens is 1. The molecule has 0 aliphatic carbocycles. The molecule has 2 heterocycles. The third-order valence-corrected chi connectivity index (χ3v) is 5.32. The molecule has 2 rings (SSSR count). The van der Waals surface area contributed by atoms with E-state index in [0.29, 0.717) is 38.5 Å². The number of hydrogen-bond acceptors (Lipinski definition) is 6. The lowest BCUT2D eigenvalue weighted by atomic mass is 10.2. The van der Waals surface area contributed by atoms with Gasteiger partial charge in [-0.15, -0.1) is 0 Å². The topological polar surface area (TPSA) is 88.8 Å². The van der Waals surface area contributed by atoms with Crippen LogP contribution in [0, 0.1) is 0 Å². The number of anilines is 2. The Labute approximate surface area is 125 Å². The van der Waals surface area contributed by atoms with Gasteiger partial charge in [0.05, 0.1) is 29.9 Å². The van der Waals surface area contributed by atoms with Gasteiger partial charge in [0.1, 0.15) is 0 Å². The van der Waals surface area contributed by atoms with Crippen LogP contribution in [-0.2, 0) is 14.8 Å². The molecule has 1 aliphatic heterocycles. The van der Waals surface area contributed by atoms with Gasteiger partial charge >= 0.3 is 0 Å². The van der Waals surface area contributed by atoms with Crippen LogP contribution in [0.5, 0.6) is 0 Å². The van der Waals surface area contributed by atoms with E-state index in [1.807, 2.05) is 13.0 Å². The molecule has 0 atom stereocenters. The molecule has 0 amide bonds. The molecule has 1 aliphatic rings. The first kappa shape index (κ1) is 16.0. The molecule has 1 aromatic rings. The van der Waals surface area contributed by atoms with E-state index in [2.05, 4.69) is 9.88 Å². The summed E-state index contributed by atoms with van der Waals surface area (Å²) in [5.74, 6) is 0.0399. The second-order valence-corrected chi connectivity index (χ2v) is 6.92. The molecule has 21 heavy (non-hydrogen) atoms. The quantitative estimate of drug-likeness (QED) is 0.752. The van der Waals surface area contributed by atoms with Gasteiger partial charge in [-0.3, -0.25) is 4.98 Å². The van der Waals surface area contributed by atoms with Crippen molar-refractivity contribution in [3.05, 3.63) is 18.5 Å². The molecule has 1 saturated heterocycles. The van der Waals surface area contributed by atoms with Crippen molar-refractivity contribution in [1.29, 1.82) is 0 Å². The summed E-state index contributed by atoms with van der Waals surface area (Å²) >= 11 is 0. The average Bonchev–Trinajstić information content (AvgIpc) is 2.48. The highest BCUT2D eigenvalue weighted by molar-refractivity contribution is 7.89. The Bertz CT molecular complexity index is 556. The van der Waals surface area contributed by atoms with Gasteiger partial charge in [0, 0.05) is 39.0 Å². The van der Waals surface area contributed by atoms with Gasteiger partial charge in [0.25, 0.3) is 0 Å². The third-order valence-electron chi connectivity index (χ3n) is 3.49. The van der Waals surface area contributed by atoms with E-state index in [9.17, 15) is 8.42 Å². The zero-order chi connectivity index (χ0) is 15.3. The fourth-order valence-electron chi connectivity index (χ4n) is 2.33. The molecular formula is C13H22N4O3S. The maximum Gasteiger partial charge on any atom is 0.216 e. The number of hydrogen-bond donors (Lipinski definition) is 1. The summed E-state index contributed by atoms with van der Waals surface area (Å²) in [6.45, 7) is 4.82. The Morgan fingerprint density at radius 3 is 2.67 bits per heavy atom. The predicted molar refractivity (Wildman–Crippen MR) is 82.7 cm³/mol. The number of rotatable bonds is 6. The highest BCUT2D eigenvalue weighted by Crippen LogP contribution is 2.23. The van der Waals surface area contributed by atoms with Crippen molar-refractivity contribution in [1.82, 2.24) is 9.29 Å². The molecule has 0 saturated carbocycles. The molecule has 0 bridgehead atoms. The van der Waals surface area contributed by atoms with Gasteiger partial charge in [-0.2, -0.15) is 4.31 Å². The number of nitrogens with zero attached hydrogens (tertiary/aromatic N) is 3. The monoisotopic (exact) mass is 314 g/mol. The van der Waals surface area contributed by atoms with Crippen molar-refractivity contribution in [3.63, 3.8) is 0 Å². The fourth-order valence-corrected chi connectivity index (χ4v) is 3.64. The summed E-state index contributed by atoms with van der Waals surface area (Å²) in [6, 6.07) is 1.86. The van der Waals surface area contributed by atoms with Crippen molar-refractivity contribution in [2.24, 2.45) is 0 Å². The Balaban J connectivity index is 1.93. The van der Waals surface area contributed by atoms with E-state index in [-0.39, 0.29) is 12.4 Å². The molecule has 8 heteroatoms. The Morgan fingerprint density at radius 1 is 1.33 bits per heavy atom. The second-order valence-electron chi connectivity index (χ2n) is 4.83. The number of sulfonamides is 1. The van der Waals surface area contributed by atoms with Crippen LogP contribution in [0.2, 0.25) is 0 Å². The molecule has 1 aromatic heterocycles. The minimum absolute atomic E-state index is 0.0399. The summed E-state index contributed by atoms with van der Waals surface area (Å²) in [6.07, 6.45) is 3.30. The average molecular weight is 314 g/mol. The largest absolute Gasteiger partial charge is 0.396 e. The Hall–Kier alpha value is -1.38. The molecule has 0 spiro atoms. The normalized spacial score (nSPS) is 17.1. The van der Waals surface area contributed by atoms with Crippen molar-refractivity contribution >= 4 is 21.4 Å². The van der Waals surface area contributed by atoms with Crippen LogP contribution in [0.3, 0.4) is 0 Å². The number of nitrogen functional groups attached to an aromatic ring is 1. The van der Waals surface area contributed by atoms with Crippen molar-refractivity contribution in [2.45, 2.75) is 6.92 Å². The highest BCUT2D eigenvalue weighted by atomic mass is 32.2. The lowest BCUT2D eigenvalue weighted by molar-refractivity contribution is 0.162. The van der Waals surface area contributed by atoms with Crippen LogP contribution in [-0.4, -0.2) is 62.9 Å². The minimum Gasteiger partial charge on any atom is -0.396 e. The summed E-state index contributed by atoms with van der Waals surface area (Å²) in [7, 11) is -3.23. The maximum atomic E-state index is 12.2. The van der Waals surface area contributed by atoms with Gasteiger partial charge in [0.15, 0.2) is 0 Å². The van der Waals surface area contributed by atoms with E-state index in [1.54, 1.807) is 12.4 Å². The standard InChI is InChI=1S/C13H22N4O3S/c1-2-20-9-10-21(18,19)17-7-5-16(6-8-17)13-3-4-15-11-12(13)14/h3-4,11H,2,5-10,14H2,1H3. The van der Waals surface area contributed by atoms with Gasteiger partial charge in [-0.05, 0) is 13.0 Å². The van der Waals surface area contributed by atoms with E-state index in [1.165, 1.54) is 4.31 Å². The molecule has 7 nitrogen and oxygen atoms in total. The first-order valence-electron chi connectivity index (χ1n) is 7.04. The van der Waals surface area contributed by atoms with Crippen molar-refractivity contribution < 1.29 is 13.2 Å². The minimum atomic E-state index is -3.23. The molecule has 0 radical (unpaired) electrons. The van der Waals surface area contributed by atoms with E-state index < -0.39 is 10.0 Å². The van der Waals surface area contributed by atoms with Crippen molar-refractivity contribution in [3.8, 4) is 0 Å². The second kappa shape index (κ2) is 7.06. The molecule has 118 valence electrons. The lowest BCUT2D eigenvalue weighted by Gasteiger charge is -2.35. The van der Waals surface area contributed by atoms with Crippen LogP contribution in [0.15, 0.2) is 18.5 Å². The van der Waals surface area contributed by atoms with Crippen molar-refractivity contribution in [2.75, 3.05) is 55.8 Å². The van der Waals surface area contributed by atoms with Crippen LogP contribution >= 0.6 is 0 Å². The first-order valence-corrected chi connectivity index (χ1v) is 8.65. The number of nitrogens with two attached hydrogens (primary N) is 1. The SMILES string of the molecule is CCOCCS(=O)(=O)N1CCN(c2ccncc2N)CC1. The third kappa shape index (κ3) is 4.05. The molecule has 0 unspecified atom stereocenters. The summed E-state index contributed by atoms with van der Waals surface area (Å²) in [5, 5.41) is 0. The number of ether oxygens (including phenoxy) is 1. The maximum absolute atomic E-state index is 12.2. The molecule has 1 fully saturated rings. The fraction of sp³-hybridized carbons (Fsp3) is 0.615. The summed E-state index contributed by atoms with van der Waals surface area (Å²) in [5.41, 5.74) is 7.43.